The highest BCUT2D eigenvalue weighted by Gasteiger charge is 2.31. The predicted molar refractivity (Wildman–Crippen MR) is 153 cm³/mol. The van der Waals surface area contributed by atoms with Crippen molar-refractivity contribution in [3.05, 3.63) is 124 Å². The van der Waals surface area contributed by atoms with Crippen LogP contribution < -0.4 is 15.6 Å². The Hall–Kier alpha value is -5.02. The van der Waals surface area contributed by atoms with E-state index in [0.717, 1.165) is 11.8 Å². The normalized spacial score (nSPS) is 12.1. The van der Waals surface area contributed by atoms with E-state index in [1.54, 1.807) is 98.1 Å². The van der Waals surface area contributed by atoms with E-state index < -0.39 is 5.91 Å². The van der Waals surface area contributed by atoms with Gasteiger partial charge < -0.3 is 10.1 Å². The lowest BCUT2D eigenvalue weighted by Crippen LogP contribution is -2.25. The van der Waals surface area contributed by atoms with Crippen LogP contribution in [0.3, 0.4) is 0 Å². The molecular weight excluding hydrogens is 526 g/mol. The van der Waals surface area contributed by atoms with Gasteiger partial charge in [-0.05, 0) is 30.3 Å². The molecule has 1 aliphatic rings. The molecule has 0 saturated heterocycles. The van der Waals surface area contributed by atoms with Crippen LogP contribution in [0.4, 0.5) is 5.69 Å². The van der Waals surface area contributed by atoms with E-state index in [1.165, 1.54) is 4.57 Å². The molecule has 1 N–H and O–H groups in total. The van der Waals surface area contributed by atoms with Crippen LogP contribution in [0.1, 0.15) is 31.8 Å². The first-order valence-corrected chi connectivity index (χ1v) is 13.3. The van der Waals surface area contributed by atoms with Crippen LogP contribution in [0.15, 0.2) is 101 Å². The van der Waals surface area contributed by atoms with Gasteiger partial charge in [0.1, 0.15) is 5.75 Å². The van der Waals surface area contributed by atoms with E-state index in [9.17, 15) is 19.2 Å². The van der Waals surface area contributed by atoms with Crippen molar-refractivity contribution < 1.29 is 19.1 Å². The van der Waals surface area contributed by atoms with E-state index >= 15 is 0 Å². The van der Waals surface area contributed by atoms with Crippen LogP contribution in [0, 0.1) is 0 Å². The highest BCUT2D eigenvalue weighted by atomic mass is 32.2. The number of ketones is 2. The maximum absolute atomic E-state index is 13.5. The highest BCUT2D eigenvalue weighted by Crippen LogP contribution is 2.32. The van der Waals surface area contributed by atoms with Gasteiger partial charge in [0.2, 0.25) is 5.91 Å². The van der Waals surface area contributed by atoms with Gasteiger partial charge in [-0.25, -0.2) is 4.98 Å². The van der Waals surface area contributed by atoms with Gasteiger partial charge in [0.25, 0.3) is 5.56 Å². The summed E-state index contributed by atoms with van der Waals surface area (Å²) in [6, 6.07) is 25.5. The van der Waals surface area contributed by atoms with E-state index in [1.807, 2.05) is 0 Å². The van der Waals surface area contributed by atoms with Crippen LogP contribution in [0.5, 0.6) is 5.75 Å². The third-order valence-electron chi connectivity index (χ3n) is 6.62. The van der Waals surface area contributed by atoms with Gasteiger partial charge in [0.05, 0.1) is 40.7 Å². The number of para-hydroxylation sites is 1. The Kier molecular flexibility index (Phi) is 6.49. The number of carbonyl (C=O) groups excluding carboxylic acids is 3. The molecular formula is C31H21N3O5S. The molecule has 0 aliphatic heterocycles. The van der Waals surface area contributed by atoms with E-state index in [4.69, 9.17) is 4.74 Å². The Morgan fingerprint density at radius 1 is 0.850 bits per heavy atom. The number of nitrogens with zero attached hydrogens (tertiary/aromatic N) is 2. The van der Waals surface area contributed by atoms with E-state index in [2.05, 4.69) is 10.3 Å². The van der Waals surface area contributed by atoms with Crippen molar-refractivity contribution in [1.29, 1.82) is 0 Å². The molecule has 0 atom stereocenters. The molecule has 4 aromatic carbocycles. The van der Waals surface area contributed by atoms with Crippen LogP contribution in [-0.4, -0.2) is 39.9 Å². The second kappa shape index (κ2) is 10.3. The topological polar surface area (TPSA) is 107 Å². The molecule has 0 fully saturated rings. The quantitative estimate of drug-likeness (QED) is 0.233. The van der Waals surface area contributed by atoms with Gasteiger partial charge in [0, 0.05) is 22.8 Å². The smallest absolute Gasteiger partial charge is 0.266 e. The SMILES string of the molecule is COc1cccc(-n2c(SCC(=O)Nc3cccc4c3C(=O)c3ccccc3C4=O)nc3ccccc3c2=O)c1. The van der Waals surface area contributed by atoms with E-state index in [0.29, 0.717) is 38.6 Å². The molecule has 1 aromatic heterocycles. The predicted octanol–water partition coefficient (Wildman–Crippen LogP) is 4.90. The van der Waals surface area contributed by atoms with Crippen molar-refractivity contribution in [2.75, 3.05) is 18.2 Å². The van der Waals surface area contributed by atoms with Crippen molar-refractivity contribution in [3.63, 3.8) is 0 Å². The molecule has 5 aromatic rings. The molecule has 40 heavy (non-hydrogen) atoms. The van der Waals surface area contributed by atoms with Crippen LogP contribution in [0.25, 0.3) is 16.6 Å². The summed E-state index contributed by atoms with van der Waals surface area (Å²) >= 11 is 1.09. The largest absolute Gasteiger partial charge is 0.497 e. The highest BCUT2D eigenvalue weighted by molar-refractivity contribution is 7.99. The number of thioether (sulfide) groups is 1. The Balaban J connectivity index is 1.32. The maximum Gasteiger partial charge on any atom is 0.266 e. The monoisotopic (exact) mass is 547 g/mol. The number of nitrogens with one attached hydrogen (secondary N) is 1. The van der Waals surface area contributed by atoms with E-state index in [-0.39, 0.29) is 39.7 Å². The van der Waals surface area contributed by atoms with Crippen molar-refractivity contribution in [3.8, 4) is 11.4 Å². The number of carbonyl (C=O) groups is 3. The molecule has 9 heteroatoms. The summed E-state index contributed by atoms with van der Waals surface area (Å²) in [5.74, 6) is -0.537. The van der Waals surface area contributed by atoms with Crippen LogP contribution >= 0.6 is 11.8 Å². The summed E-state index contributed by atoms with van der Waals surface area (Å²) in [7, 11) is 1.54. The standard InChI is InChI=1S/C31H21N3O5S/c1-39-19-9-6-8-18(16-19)34-30(38)22-12-4-5-14-24(22)33-31(34)40-17-26(35)32-25-15-7-13-23-27(25)29(37)21-11-3-2-10-20(21)28(23)36/h2-16H,17H2,1H3,(H,32,35). The first-order valence-electron chi connectivity index (χ1n) is 12.4. The molecule has 1 aliphatic carbocycles. The molecule has 1 heterocycles. The lowest BCUT2D eigenvalue weighted by molar-refractivity contribution is -0.113. The van der Waals surface area contributed by atoms with Crippen molar-refractivity contribution in [2.24, 2.45) is 0 Å². The fourth-order valence-corrected chi connectivity index (χ4v) is 5.56. The first kappa shape index (κ1) is 25.3. The van der Waals surface area contributed by atoms with Gasteiger partial charge in [-0.1, -0.05) is 66.4 Å². The maximum atomic E-state index is 13.5. The zero-order valence-electron chi connectivity index (χ0n) is 21.2. The summed E-state index contributed by atoms with van der Waals surface area (Å²) in [6.45, 7) is 0. The summed E-state index contributed by atoms with van der Waals surface area (Å²) in [5.41, 5.74) is 2.10. The molecule has 196 valence electrons. The van der Waals surface area contributed by atoms with Gasteiger partial charge >= 0.3 is 0 Å². The minimum atomic E-state index is -0.419. The van der Waals surface area contributed by atoms with Crippen molar-refractivity contribution in [1.82, 2.24) is 9.55 Å². The molecule has 1 amide bonds. The lowest BCUT2D eigenvalue weighted by atomic mass is 9.83. The minimum absolute atomic E-state index is 0.100. The molecule has 0 bridgehead atoms. The number of anilines is 1. The number of ether oxygens (including phenoxy) is 1. The number of rotatable bonds is 6. The Bertz CT molecular complexity index is 1910. The third-order valence-corrected chi connectivity index (χ3v) is 7.55. The number of fused-ring (bicyclic) bond motifs is 3. The Morgan fingerprint density at radius 3 is 2.35 bits per heavy atom. The Morgan fingerprint density at radius 2 is 1.55 bits per heavy atom. The molecule has 6 rings (SSSR count). The van der Waals surface area contributed by atoms with Gasteiger partial charge in [0.15, 0.2) is 16.7 Å². The molecule has 0 radical (unpaired) electrons. The zero-order valence-corrected chi connectivity index (χ0v) is 22.0. The second-order valence-electron chi connectivity index (χ2n) is 9.02. The zero-order chi connectivity index (χ0) is 27.8. The second-order valence-corrected chi connectivity index (χ2v) is 9.96. The fourth-order valence-electron chi connectivity index (χ4n) is 4.75. The molecule has 0 unspecified atom stereocenters. The fraction of sp³-hybridized carbons (Fsp3) is 0.0645. The van der Waals surface area contributed by atoms with Gasteiger partial charge in [-0.3, -0.25) is 23.7 Å². The van der Waals surface area contributed by atoms with Gasteiger partial charge in [-0.2, -0.15) is 0 Å². The van der Waals surface area contributed by atoms with Gasteiger partial charge in [-0.15, -0.1) is 0 Å². The number of hydrogen-bond donors (Lipinski definition) is 1. The molecule has 0 spiro atoms. The number of methoxy groups -OCH3 is 1. The average molecular weight is 548 g/mol. The summed E-state index contributed by atoms with van der Waals surface area (Å²) in [5, 5.41) is 3.55. The summed E-state index contributed by atoms with van der Waals surface area (Å²) in [6.07, 6.45) is 0. The Labute approximate surface area is 232 Å². The van der Waals surface area contributed by atoms with Crippen molar-refractivity contribution in [2.45, 2.75) is 5.16 Å². The third kappa shape index (κ3) is 4.36. The summed E-state index contributed by atoms with van der Waals surface area (Å²) < 4.78 is 6.78. The lowest BCUT2D eigenvalue weighted by Gasteiger charge is -2.20. The van der Waals surface area contributed by atoms with Crippen molar-refractivity contribution >= 4 is 45.8 Å². The number of benzene rings is 4. The average Bonchev–Trinajstić information content (AvgIpc) is 2.99. The van der Waals surface area contributed by atoms with Crippen LogP contribution in [-0.2, 0) is 4.79 Å². The first-order chi connectivity index (χ1) is 19.5. The number of hydrogen-bond acceptors (Lipinski definition) is 7. The number of amides is 1. The number of aromatic nitrogens is 2. The molecule has 0 saturated carbocycles. The molecule has 8 nitrogen and oxygen atoms in total. The summed E-state index contributed by atoms with van der Waals surface area (Å²) in [4.78, 5) is 57.6. The minimum Gasteiger partial charge on any atom is -0.497 e. The van der Waals surface area contributed by atoms with Crippen LogP contribution in [0.2, 0.25) is 0 Å².